The van der Waals surface area contributed by atoms with Crippen LogP contribution in [0.2, 0.25) is 0 Å². The molecule has 3 fully saturated rings. The van der Waals surface area contributed by atoms with Crippen LogP contribution >= 0.6 is 0 Å². The molecule has 0 radical (unpaired) electrons. The topological polar surface area (TPSA) is 33.4 Å². The van der Waals surface area contributed by atoms with Gasteiger partial charge in [0.15, 0.2) is 5.65 Å². The van der Waals surface area contributed by atoms with Gasteiger partial charge >= 0.3 is 6.18 Å². The first kappa shape index (κ1) is 19.3. The third kappa shape index (κ3) is 3.34. The minimum atomic E-state index is -4.45. The maximum atomic E-state index is 14.1. The molecular weight excluding hydrogens is 401 g/mol. The number of nitrogens with zero attached hydrogens (tertiary/aromatic N) is 4. The van der Waals surface area contributed by atoms with E-state index in [9.17, 15) is 13.2 Å². The number of rotatable bonds is 5. The highest BCUT2D eigenvalue weighted by molar-refractivity contribution is 5.53. The molecule has 0 N–H and O–H groups in total. The van der Waals surface area contributed by atoms with E-state index in [-0.39, 0.29) is 11.1 Å². The van der Waals surface area contributed by atoms with Crippen molar-refractivity contribution in [1.29, 1.82) is 0 Å². The van der Waals surface area contributed by atoms with E-state index in [0.717, 1.165) is 38.8 Å². The summed E-state index contributed by atoms with van der Waals surface area (Å²) in [5.74, 6) is 1.70. The molecule has 31 heavy (non-hydrogen) atoms. The lowest BCUT2D eigenvalue weighted by molar-refractivity contribution is -0.137. The van der Waals surface area contributed by atoms with Gasteiger partial charge in [-0.1, -0.05) is 30.3 Å². The van der Waals surface area contributed by atoms with Crippen LogP contribution in [-0.2, 0) is 24.6 Å². The summed E-state index contributed by atoms with van der Waals surface area (Å²) in [4.78, 5) is 2.18. The Bertz CT molecular complexity index is 1120. The number of hydrogen-bond acceptors (Lipinski definition) is 3. The van der Waals surface area contributed by atoms with Gasteiger partial charge in [0.05, 0.1) is 0 Å². The highest BCUT2D eigenvalue weighted by atomic mass is 19.4. The van der Waals surface area contributed by atoms with Crippen molar-refractivity contribution in [2.75, 3.05) is 13.1 Å². The van der Waals surface area contributed by atoms with E-state index in [2.05, 4.69) is 39.4 Å². The molecule has 162 valence electrons. The Kier molecular flexibility index (Phi) is 4.23. The van der Waals surface area contributed by atoms with Crippen molar-refractivity contribution in [3.8, 4) is 0 Å². The van der Waals surface area contributed by atoms with Gasteiger partial charge < -0.3 is 0 Å². The monoisotopic (exact) mass is 426 g/mol. The van der Waals surface area contributed by atoms with Crippen molar-refractivity contribution < 1.29 is 13.2 Å². The molecule has 2 aromatic heterocycles. The van der Waals surface area contributed by atoms with Crippen molar-refractivity contribution in [2.45, 2.75) is 50.2 Å². The number of piperidine rings is 1. The van der Waals surface area contributed by atoms with Crippen LogP contribution in [0, 0.1) is 11.8 Å². The molecule has 2 aliphatic carbocycles. The van der Waals surface area contributed by atoms with Gasteiger partial charge in [-0.05, 0) is 61.3 Å². The summed E-state index contributed by atoms with van der Waals surface area (Å²) in [7, 11) is 0. The van der Waals surface area contributed by atoms with Gasteiger partial charge in [0, 0.05) is 31.1 Å². The van der Waals surface area contributed by atoms with Crippen LogP contribution in [0.3, 0.4) is 0 Å². The molecule has 7 heteroatoms. The van der Waals surface area contributed by atoms with E-state index in [0.29, 0.717) is 36.2 Å². The summed E-state index contributed by atoms with van der Waals surface area (Å²) in [5, 5.41) is 8.07. The van der Waals surface area contributed by atoms with E-state index in [4.69, 9.17) is 0 Å². The largest absolute Gasteiger partial charge is 0.420 e. The number of aromatic nitrogens is 3. The maximum absolute atomic E-state index is 14.1. The van der Waals surface area contributed by atoms with E-state index >= 15 is 0 Å². The average molecular weight is 426 g/mol. The normalized spacial score (nSPS) is 26.2. The summed E-state index contributed by atoms with van der Waals surface area (Å²) in [6.07, 6.45) is 2.36. The first-order valence-corrected chi connectivity index (χ1v) is 11.1. The van der Waals surface area contributed by atoms with Crippen molar-refractivity contribution in [2.24, 2.45) is 11.8 Å². The molecule has 0 unspecified atom stereocenters. The van der Waals surface area contributed by atoms with Crippen LogP contribution in [0.4, 0.5) is 13.2 Å². The molecule has 1 saturated heterocycles. The van der Waals surface area contributed by atoms with Crippen LogP contribution < -0.4 is 0 Å². The lowest BCUT2D eigenvalue weighted by atomic mass is 9.87. The fraction of sp³-hybridized carbons (Fsp3) is 0.500. The highest BCUT2D eigenvalue weighted by Crippen LogP contribution is 2.59. The van der Waals surface area contributed by atoms with E-state index in [1.165, 1.54) is 5.56 Å². The molecule has 4 nitrogen and oxygen atoms in total. The first-order valence-electron chi connectivity index (χ1n) is 11.1. The van der Waals surface area contributed by atoms with Crippen LogP contribution in [0.15, 0.2) is 42.6 Å². The standard InChI is InChI=1S/C24H25F3N4/c25-24(26,27)21-17(8-10-31-20(12-16-6-7-16)28-29-22(21)31)14-30-11-9-23(13-19(23)15-30)18-4-2-1-3-5-18/h1-5,8,10,16,19H,6-7,9,11-15H2/t19-,23-/m0/s1. The number of likely N-dealkylation sites (tertiary alicyclic amines) is 1. The van der Waals surface area contributed by atoms with Gasteiger partial charge in [0.1, 0.15) is 11.4 Å². The smallest absolute Gasteiger partial charge is 0.299 e. The molecule has 1 aromatic carbocycles. The highest BCUT2D eigenvalue weighted by Gasteiger charge is 2.57. The number of halogens is 3. The third-order valence-corrected chi connectivity index (χ3v) is 7.51. The Balaban J connectivity index is 1.26. The second kappa shape index (κ2) is 6.79. The quantitative estimate of drug-likeness (QED) is 0.584. The van der Waals surface area contributed by atoms with E-state index < -0.39 is 11.7 Å². The first-order chi connectivity index (χ1) is 14.9. The zero-order valence-corrected chi connectivity index (χ0v) is 17.3. The number of hydrogen-bond donors (Lipinski definition) is 0. The minimum Gasteiger partial charge on any atom is -0.299 e. The molecule has 1 aliphatic heterocycles. The average Bonchev–Trinajstić information content (AvgIpc) is 3.65. The Morgan fingerprint density at radius 2 is 1.87 bits per heavy atom. The second-order valence-corrected chi connectivity index (χ2v) is 9.58. The van der Waals surface area contributed by atoms with Crippen LogP contribution in [0.25, 0.3) is 5.65 Å². The SMILES string of the molecule is FC(F)(F)c1c(CN2CC[C@@]3(c4ccccc4)C[C@H]3C2)ccn2c(CC3CC3)nnc12. The zero-order valence-electron chi connectivity index (χ0n) is 17.3. The Morgan fingerprint density at radius 3 is 2.58 bits per heavy atom. The summed E-state index contributed by atoms with van der Waals surface area (Å²) in [6, 6.07) is 12.2. The van der Waals surface area contributed by atoms with Gasteiger partial charge in [-0.2, -0.15) is 13.2 Å². The maximum Gasteiger partial charge on any atom is 0.420 e. The van der Waals surface area contributed by atoms with Crippen molar-refractivity contribution >= 4 is 5.65 Å². The zero-order chi connectivity index (χ0) is 21.2. The lowest BCUT2D eigenvalue weighted by Gasteiger charge is -2.32. The van der Waals surface area contributed by atoms with Gasteiger partial charge in [-0.15, -0.1) is 10.2 Å². The van der Waals surface area contributed by atoms with Gasteiger partial charge in [0.2, 0.25) is 0 Å². The van der Waals surface area contributed by atoms with Gasteiger partial charge in [0.25, 0.3) is 0 Å². The Labute approximate surface area is 179 Å². The summed E-state index contributed by atoms with van der Waals surface area (Å²) < 4.78 is 43.8. The predicted octanol–water partition coefficient (Wildman–Crippen LogP) is 4.86. The number of fused-ring (bicyclic) bond motifs is 2. The summed E-state index contributed by atoms with van der Waals surface area (Å²) in [5.41, 5.74) is 1.24. The molecule has 0 spiro atoms. The van der Waals surface area contributed by atoms with Crippen LogP contribution in [-0.4, -0.2) is 32.6 Å². The third-order valence-electron chi connectivity index (χ3n) is 7.51. The molecule has 6 rings (SSSR count). The number of benzene rings is 1. The molecular formula is C24H25F3N4. The number of alkyl halides is 3. The Hall–Kier alpha value is -2.41. The molecule has 0 bridgehead atoms. The predicted molar refractivity (Wildman–Crippen MR) is 111 cm³/mol. The molecule has 0 amide bonds. The van der Waals surface area contributed by atoms with Gasteiger partial charge in [-0.25, -0.2) is 0 Å². The molecule has 3 aromatic rings. The lowest BCUT2D eigenvalue weighted by Crippen LogP contribution is -2.36. The minimum absolute atomic E-state index is 0.0530. The molecule has 2 saturated carbocycles. The van der Waals surface area contributed by atoms with E-state index in [1.807, 2.05) is 6.07 Å². The van der Waals surface area contributed by atoms with Gasteiger partial charge in [-0.3, -0.25) is 9.30 Å². The summed E-state index contributed by atoms with van der Waals surface area (Å²) in [6.45, 7) is 1.96. The van der Waals surface area contributed by atoms with Crippen molar-refractivity contribution in [3.05, 3.63) is 65.1 Å². The Morgan fingerprint density at radius 1 is 1.06 bits per heavy atom. The van der Waals surface area contributed by atoms with E-state index in [1.54, 1.807) is 16.7 Å². The number of pyridine rings is 1. The fourth-order valence-electron chi connectivity index (χ4n) is 5.54. The van der Waals surface area contributed by atoms with Crippen molar-refractivity contribution in [3.63, 3.8) is 0 Å². The van der Waals surface area contributed by atoms with Crippen LogP contribution in [0.1, 0.15) is 48.2 Å². The fourth-order valence-corrected chi connectivity index (χ4v) is 5.54. The second-order valence-electron chi connectivity index (χ2n) is 9.58. The van der Waals surface area contributed by atoms with Crippen LogP contribution in [0.5, 0.6) is 0 Å². The summed E-state index contributed by atoms with van der Waals surface area (Å²) >= 11 is 0. The molecule has 2 atom stereocenters. The molecule has 3 heterocycles. The van der Waals surface area contributed by atoms with Crippen molar-refractivity contribution in [1.82, 2.24) is 19.5 Å². The molecule has 3 aliphatic rings.